The van der Waals surface area contributed by atoms with Crippen molar-refractivity contribution in [1.82, 2.24) is 10.6 Å². The van der Waals surface area contributed by atoms with Crippen molar-refractivity contribution < 1.29 is 19.1 Å². The molecule has 0 saturated carbocycles. The predicted molar refractivity (Wildman–Crippen MR) is 101 cm³/mol. The van der Waals surface area contributed by atoms with E-state index in [0.717, 1.165) is 5.56 Å². The highest BCUT2D eigenvalue weighted by molar-refractivity contribution is 6.31. The van der Waals surface area contributed by atoms with Gasteiger partial charge in [-0.15, -0.1) is 0 Å². The van der Waals surface area contributed by atoms with Gasteiger partial charge in [-0.1, -0.05) is 29.8 Å². The third-order valence-corrected chi connectivity index (χ3v) is 4.41. The summed E-state index contributed by atoms with van der Waals surface area (Å²) in [6.07, 6.45) is 0.152. The molecule has 0 saturated heterocycles. The molecule has 1 aliphatic rings. The molecule has 7 nitrogen and oxygen atoms in total. The summed E-state index contributed by atoms with van der Waals surface area (Å²) in [4.78, 5) is 29.0. The quantitative estimate of drug-likeness (QED) is 0.844. The van der Waals surface area contributed by atoms with Gasteiger partial charge in [0.1, 0.15) is 0 Å². The Bertz CT molecular complexity index is 914. The van der Waals surface area contributed by atoms with Crippen LogP contribution in [0.5, 0.6) is 11.5 Å². The van der Waals surface area contributed by atoms with Gasteiger partial charge in [0, 0.05) is 10.6 Å². The van der Waals surface area contributed by atoms with Gasteiger partial charge >= 0.3 is 0 Å². The molecule has 1 aliphatic heterocycles. The Morgan fingerprint density at radius 2 is 1.93 bits per heavy atom. The number of nitrogens with one attached hydrogen (secondary N) is 2. The minimum Gasteiger partial charge on any atom is -0.493 e. The van der Waals surface area contributed by atoms with Crippen molar-refractivity contribution in [3.63, 3.8) is 0 Å². The summed E-state index contributed by atoms with van der Waals surface area (Å²) in [5, 5.41) is 5.70. The van der Waals surface area contributed by atoms with E-state index >= 15 is 0 Å². The topological polar surface area (TPSA) is 89.0 Å². The van der Waals surface area contributed by atoms with E-state index in [1.165, 1.54) is 14.2 Å². The number of methoxy groups -OCH3 is 2. The van der Waals surface area contributed by atoms with Gasteiger partial charge in [0.15, 0.2) is 11.5 Å². The fraction of sp³-hybridized carbons (Fsp3) is 0.211. The number of aliphatic imine (C=N–C) groups is 1. The molecule has 140 valence electrons. The number of benzene rings is 2. The Hall–Kier alpha value is -3.06. The van der Waals surface area contributed by atoms with Crippen molar-refractivity contribution >= 4 is 29.4 Å². The van der Waals surface area contributed by atoms with E-state index in [9.17, 15) is 9.59 Å². The molecule has 0 spiro atoms. The first kappa shape index (κ1) is 18.7. The number of ether oxygens (including phenoxy) is 2. The Labute approximate surface area is 161 Å². The van der Waals surface area contributed by atoms with Gasteiger partial charge in [0.05, 0.1) is 26.7 Å². The summed E-state index contributed by atoms with van der Waals surface area (Å²) >= 11 is 6.20. The van der Waals surface area contributed by atoms with E-state index in [1.54, 1.807) is 30.3 Å². The van der Waals surface area contributed by atoms with E-state index in [0.29, 0.717) is 22.1 Å². The van der Waals surface area contributed by atoms with E-state index in [4.69, 9.17) is 21.1 Å². The van der Waals surface area contributed by atoms with Gasteiger partial charge in [0.25, 0.3) is 5.91 Å². The molecule has 2 N–H and O–H groups in total. The molecular formula is C19H18ClN3O4. The first-order chi connectivity index (χ1) is 13.0. The lowest BCUT2D eigenvalue weighted by molar-refractivity contribution is -0.120. The minimum absolute atomic E-state index is 0.0796. The lowest BCUT2D eigenvalue weighted by Crippen LogP contribution is -2.47. The van der Waals surface area contributed by atoms with Crippen LogP contribution in [-0.2, 0) is 4.79 Å². The number of nitrogens with zero attached hydrogens (tertiary/aromatic N) is 1. The molecule has 0 radical (unpaired) electrons. The molecule has 2 aromatic rings. The van der Waals surface area contributed by atoms with Crippen LogP contribution in [0.25, 0.3) is 0 Å². The normalized spacial score (nSPS) is 16.2. The number of carbonyl (C=O) groups is 2. The average molecular weight is 388 g/mol. The molecule has 8 heteroatoms. The molecule has 2 amide bonds. The predicted octanol–water partition coefficient (Wildman–Crippen LogP) is 2.70. The number of carbonyl (C=O) groups excluding carboxylic acids is 2. The largest absolute Gasteiger partial charge is 0.493 e. The Balaban J connectivity index is 1.82. The Morgan fingerprint density at radius 3 is 2.63 bits per heavy atom. The number of guanidine groups is 1. The van der Waals surface area contributed by atoms with Crippen LogP contribution >= 0.6 is 11.6 Å². The molecule has 1 heterocycles. The van der Waals surface area contributed by atoms with Crippen LogP contribution in [0, 0.1) is 0 Å². The third-order valence-electron chi connectivity index (χ3n) is 4.06. The highest BCUT2D eigenvalue weighted by atomic mass is 35.5. The zero-order chi connectivity index (χ0) is 19.4. The molecule has 0 aliphatic carbocycles. The van der Waals surface area contributed by atoms with Crippen LogP contribution in [0.1, 0.15) is 28.4 Å². The van der Waals surface area contributed by atoms with E-state index < -0.39 is 11.9 Å². The Morgan fingerprint density at radius 1 is 1.19 bits per heavy atom. The smallest absolute Gasteiger partial charge is 0.258 e. The van der Waals surface area contributed by atoms with Crippen molar-refractivity contribution in [3.05, 3.63) is 58.6 Å². The fourth-order valence-corrected chi connectivity index (χ4v) is 3.00. The summed E-state index contributed by atoms with van der Waals surface area (Å²) in [6.45, 7) is 0. The third kappa shape index (κ3) is 4.20. The van der Waals surface area contributed by atoms with Gasteiger partial charge in [-0.05, 0) is 29.8 Å². The fourth-order valence-electron chi connectivity index (χ4n) is 2.74. The second-order valence-corrected chi connectivity index (χ2v) is 6.20. The first-order valence-electron chi connectivity index (χ1n) is 8.17. The summed E-state index contributed by atoms with van der Waals surface area (Å²) < 4.78 is 10.4. The van der Waals surface area contributed by atoms with Crippen molar-refractivity contribution in [3.8, 4) is 11.5 Å². The van der Waals surface area contributed by atoms with Crippen LogP contribution in [0.4, 0.5) is 0 Å². The van der Waals surface area contributed by atoms with Crippen LogP contribution in [-0.4, -0.2) is 32.0 Å². The molecule has 0 fully saturated rings. The Kier molecular flexibility index (Phi) is 5.61. The summed E-state index contributed by atoms with van der Waals surface area (Å²) in [5.41, 5.74) is 1.07. The summed E-state index contributed by atoms with van der Waals surface area (Å²) in [5.74, 6) is 0.327. The van der Waals surface area contributed by atoms with Crippen molar-refractivity contribution in [2.24, 2.45) is 4.99 Å². The van der Waals surface area contributed by atoms with Gasteiger partial charge in [-0.2, -0.15) is 0 Å². The number of rotatable bonds is 4. The van der Waals surface area contributed by atoms with Crippen LogP contribution in [0.15, 0.2) is 47.5 Å². The molecule has 3 rings (SSSR count). The summed E-state index contributed by atoms with van der Waals surface area (Å²) in [6, 6.07) is 11.5. The number of hydrogen-bond donors (Lipinski definition) is 2. The lowest BCUT2D eigenvalue weighted by Gasteiger charge is -2.22. The molecule has 0 unspecified atom stereocenters. The maximum absolute atomic E-state index is 12.5. The highest BCUT2D eigenvalue weighted by Crippen LogP contribution is 2.30. The van der Waals surface area contributed by atoms with Crippen molar-refractivity contribution in [2.45, 2.75) is 12.5 Å². The van der Waals surface area contributed by atoms with Gasteiger partial charge in [-0.25, -0.2) is 4.99 Å². The van der Waals surface area contributed by atoms with Crippen LogP contribution < -0.4 is 20.1 Å². The number of amides is 2. The lowest BCUT2D eigenvalue weighted by atomic mass is 10.0. The molecule has 27 heavy (non-hydrogen) atoms. The standard InChI is InChI=1S/C19H18ClN3O4/c1-26-15-8-7-11(9-16(15)27-2)18(25)23-19-21-14(10-17(24)22-19)12-5-3-4-6-13(12)20/h3-9,14H,10H2,1-2H3,(H2,21,22,23,24,25)/t14-/m0/s1. The maximum atomic E-state index is 12.5. The zero-order valence-corrected chi connectivity index (χ0v) is 15.5. The number of halogens is 1. The molecular weight excluding hydrogens is 370 g/mol. The molecule has 0 bridgehead atoms. The van der Waals surface area contributed by atoms with E-state index in [2.05, 4.69) is 15.6 Å². The van der Waals surface area contributed by atoms with Gasteiger partial charge in [0.2, 0.25) is 11.9 Å². The second-order valence-electron chi connectivity index (χ2n) is 5.79. The minimum atomic E-state index is -0.465. The van der Waals surface area contributed by atoms with E-state index in [-0.39, 0.29) is 18.3 Å². The SMILES string of the molecule is COc1ccc(C(=O)NC2=N[C@H](c3ccccc3Cl)CC(=O)N2)cc1OC. The van der Waals surface area contributed by atoms with E-state index in [1.807, 2.05) is 12.1 Å². The average Bonchev–Trinajstić information content (AvgIpc) is 2.67. The maximum Gasteiger partial charge on any atom is 0.258 e. The summed E-state index contributed by atoms with van der Waals surface area (Å²) in [7, 11) is 3.00. The molecule has 1 atom stereocenters. The molecule has 2 aromatic carbocycles. The second kappa shape index (κ2) is 8.09. The first-order valence-corrected chi connectivity index (χ1v) is 8.55. The van der Waals surface area contributed by atoms with Gasteiger partial charge < -0.3 is 9.47 Å². The zero-order valence-electron chi connectivity index (χ0n) is 14.8. The number of hydrogen-bond acceptors (Lipinski definition) is 5. The molecule has 0 aromatic heterocycles. The van der Waals surface area contributed by atoms with Crippen molar-refractivity contribution in [1.29, 1.82) is 0 Å². The van der Waals surface area contributed by atoms with Crippen LogP contribution in [0.2, 0.25) is 5.02 Å². The highest BCUT2D eigenvalue weighted by Gasteiger charge is 2.25. The van der Waals surface area contributed by atoms with Gasteiger partial charge in [-0.3, -0.25) is 20.2 Å². The van der Waals surface area contributed by atoms with Crippen LogP contribution in [0.3, 0.4) is 0 Å². The monoisotopic (exact) mass is 387 g/mol. The van der Waals surface area contributed by atoms with Crippen molar-refractivity contribution in [2.75, 3.05) is 14.2 Å².